The second-order valence-electron chi connectivity index (χ2n) is 7.64. The quantitative estimate of drug-likeness (QED) is 0.407. The molecule has 0 aliphatic carbocycles. The standard InChI is InChI=1S/C22H20FN5O4/c1-10(2)16-17(18(29)13-5-11(3)4-12(6-13)8-24)28(22(32)27-21(16)31)9-14-7-15(25)26-20(23)19(14)30/h4-7,10,30H,9H2,1-3H3,(H2,25,26)(H,27,31,32). The molecular formula is C22H20FN5O4. The first-order valence-corrected chi connectivity index (χ1v) is 9.60. The number of anilines is 1. The highest BCUT2D eigenvalue weighted by molar-refractivity contribution is 6.09. The summed E-state index contributed by atoms with van der Waals surface area (Å²) in [5.74, 6) is -3.42. The number of hydrogen-bond donors (Lipinski definition) is 3. The largest absolute Gasteiger partial charge is 0.503 e. The van der Waals surface area contributed by atoms with E-state index in [0.717, 1.165) is 4.57 Å². The molecule has 2 aromatic heterocycles. The van der Waals surface area contributed by atoms with Crippen LogP contribution in [0.1, 0.15) is 58.1 Å². The summed E-state index contributed by atoms with van der Waals surface area (Å²) >= 11 is 0. The molecule has 0 radical (unpaired) electrons. The first kappa shape index (κ1) is 22.4. The number of aromatic nitrogens is 3. The average Bonchev–Trinajstić information content (AvgIpc) is 2.71. The average molecular weight is 437 g/mol. The Morgan fingerprint density at radius 2 is 2.00 bits per heavy atom. The van der Waals surface area contributed by atoms with E-state index in [1.807, 2.05) is 6.07 Å². The minimum Gasteiger partial charge on any atom is -0.503 e. The van der Waals surface area contributed by atoms with E-state index in [4.69, 9.17) is 5.73 Å². The number of nitriles is 1. The smallest absolute Gasteiger partial charge is 0.329 e. The van der Waals surface area contributed by atoms with Gasteiger partial charge < -0.3 is 10.8 Å². The Hall–Kier alpha value is -4.26. The molecule has 9 nitrogen and oxygen atoms in total. The number of H-pyrrole nitrogens is 1. The Morgan fingerprint density at radius 3 is 2.62 bits per heavy atom. The zero-order valence-electron chi connectivity index (χ0n) is 17.6. The van der Waals surface area contributed by atoms with Gasteiger partial charge in [-0.05, 0) is 42.7 Å². The predicted octanol–water partition coefficient (Wildman–Crippen LogP) is 1.94. The number of halogens is 1. The number of nitrogens with zero attached hydrogens (tertiary/aromatic N) is 3. The molecule has 0 unspecified atom stereocenters. The van der Waals surface area contributed by atoms with Gasteiger partial charge >= 0.3 is 5.69 Å². The summed E-state index contributed by atoms with van der Waals surface area (Å²) < 4.78 is 14.8. The lowest BCUT2D eigenvalue weighted by Gasteiger charge is -2.18. The van der Waals surface area contributed by atoms with Gasteiger partial charge in [0.15, 0.2) is 5.75 Å². The SMILES string of the molecule is Cc1cc(C#N)cc(C(=O)c2c(C(C)C)c(=O)[nH]c(=O)n2Cc2cc(N)nc(F)c2O)c1. The third-order valence-corrected chi connectivity index (χ3v) is 4.87. The van der Waals surface area contributed by atoms with Gasteiger partial charge in [0.2, 0.25) is 5.78 Å². The number of pyridine rings is 1. The van der Waals surface area contributed by atoms with E-state index in [1.54, 1.807) is 26.8 Å². The van der Waals surface area contributed by atoms with Crippen molar-refractivity contribution < 1.29 is 14.3 Å². The minimum atomic E-state index is -1.23. The molecule has 0 atom stereocenters. The number of benzene rings is 1. The van der Waals surface area contributed by atoms with Gasteiger partial charge in [0, 0.05) is 16.7 Å². The van der Waals surface area contributed by atoms with Crippen molar-refractivity contribution in [3.8, 4) is 11.8 Å². The van der Waals surface area contributed by atoms with Crippen LogP contribution in [0.15, 0.2) is 33.9 Å². The number of aromatic amines is 1. The molecule has 0 aliphatic heterocycles. The number of carbonyl (C=O) groups is 1. The fourth-order valence-corrected chi connectivity index (χ4v) is 3.50. The number of nitrogen functional groups attached to an aromatic ring is 1. The van der Waals surface area contributed by atoms with Crippen molar-refractivity contribution in [1.29, 1.82) is 5.26 Å². The van der Waals surface area contributed by atoms with Gasteiger partial charge in [0.25, 0.3) is 11.5 Å². The highest BCUT2D eigenvalue weighted by atomic mass is 19.1. The molecule has 2 heterocycles. The monoisotopic (exact) mass is 437 g/mol. The lowest BCUT2D eigenvalue weighted by molar-refractivity contribution is 0.102. The normalized spacial score (nSPS) is 10.9. The number of rotatable bonds is 5. The van der Waals surface area contributed by atoms with E-state index in [1.165, 1.54) is 18.2 Å². The van der Waals surface area contributed by atoms with E-state index >= 15 is 0 Å². The Kier molecular flexibility index (Phi) is 5.93. The van der Waals surface area contributed by atoms with Gasteiger partial charge in [0.05, 0.1) is 18.2 Å². The number of aryl methyl sites for hydroxylation is 1. The van der Waals surface area contributed by atoms with Crippen molar-refractivity contribution in [2.75, 3.05) is 5.73 Å². The van der Waals surface area contributed by atoms with E-state index in [0.29, 0.717) is 5.56 Å². The van der Waals surface area contributed by atoms with Crippen LogP contribution in [0, 0.1) is 24.2 Å². The van der Waals surface area contributed by atoms with Crippen molar-refractivity contribution >= 4 is 11.6 Å². The molecular weight excluding hydrogens is 417 g/mol. The molecule has 0 aliphatic rings. The third kappa shape index (κ3) is 4.13. The maximum atomic E-state index is 13.9. The van der Waals surface area contributed by atoms with Crippen LogP contribution in [-0.4, -0.2) is 25.4 Å². The van der Waals surface area contributed by atoms with Crippen LogP contribution in [0.5, 0.6) is 5.75 Å². The zero-order valence-corrected chi connectivity index (χ0v) is 17.6. The molecule has 0 fully saturated rings. The highest BCUT2D eigenvalue weighted by Crippen LogP contribution is 2.25. The summed E-state index contributed by atoms with van der Waals surface area (Å²) in [6.07, 6.45) is 0. The van der Waals surface area contributed by atoms with Crippen molar-refractivity contribution in [3.63, 3.8) is 0 Å². The van der Waals surface area contributed by atoms with Crippen molar-refractivity contribution in [2.24, 2.45) is 0 Å². The summed E-state index contributed by atoms with van der Waals surface area (Å²) in [6, 6.07) is 7.61. The first-order valence-electron chi connectivity index (χ1n) is 9.60. The predicted molar refractivity (Wildman–Crippen MR) is 114 cm³/mol. The minimum absolute atomic E-state index is 0.0385. The van der Waals surface area contributed by atoms with E-state index in [9.17, 15) is 29.1 Å². The number of aromatic hydroxyl groups is 1. The maximum Gasteiger partial charge on any atom is 0.329 e. The molecule has 4 N–H and O–H groups in total. The molecule has 3 rings (SSSR count). The lowest BCUT2D eigenvalue weighted by Crippen LogP contribution is -2.38. The Bertz CT molecular complexity index is 1400. The summed E-state index contributed by atoms with van der Waals surface area (Å²) in [5.41, 5.74) is 4.59. The number of nitrogens with two attached hydrogens (primary N) is 1. The molecule has 3 aromatic rings. The summed E-state index contributed by atoms with van der Waals surface area (Å²) in [7, 11) is 0. The van der Waals surface area contributed by atoms with E-state index < -0.39 is 41.2 Å². The maximum absolute atomic E-state index is 13.9. The Morgan fingerprint density at radius 1 is 1.31 bits per heavy atom. The fourth-order valence-electron chi connectivity index (χ4n) is 3.50. The van der Waals surface area contributed by atoms with Gasteiger partial charge in [-0.15, -0.1) is 0 Å². The third-order valence-electron chi connectivity index (χ3n) is 4.87. The highest BCUT2D eigenvalue weighted by Gasteiger charge is 2.26. The van der Waals surface area contributed by atoms with Crippen LogP contribution in [-0.2, 0) is 6.54 Å². The first-order chi connectivity index (χ1) is 15.0. The molecule has 10 heteroatoms. The van der Waals surface area contributed by atoms with Crippen LogP contribution in [0.3, 0.4) is 0 Å². The number of hydrogen-bond acceptors (Lipinski definition) is 7. The number of nitrogens with one attached hydrogen (secondary N) is 1. The Balaban J connectivity index is 2.33. The molecule has 32 heavy (non-hydrogen) atoms. The van der Waals surface area contributed by atoms with Crippen LogP contribution < -0.4 is 17.0 Å². The summed E-state index contributed by atoms with van der Waals surface area (Å²) in [4.78, 5) is 44.3. The lowest BCUT2D eigenvalue weighted by atomic mass is 9.95. The van der Waals surface area contributed by atoms with Gasteiger partial charge in [0.1, 0.15) is 11.5 Å². The fraction of sp³-hybridized carbons (Fsp3) is 0.227. The van der Waals surface area contributed by atoms with Gasteiger partial charge in [-0.25, -0.2) is 4.79 Å². The molecule has 0 bridgehead atoms. The van der Waals surface area contributed by atoms with Gasteiger partial charge in [-0.3, -0.25) is 19.1 Å². The van der Waals surface area contributed by atoms with Crippen LogP contribution in [0.25, 0.3) is 0 Å². The molecule has 164 valence electrons. The molecule has 0 saturated heterocycles. The van der Waals surface area contributed by atoms with Crippen LogP contribution in [0.4, 0.5) is 10.2 Å². The number of ketones is 1. The van der Waals surface area contributed by atoms with Crippen molar-refractivity contribution in [3.05, 3.63) is 84.6 Å². The van der Waals surface area contributed by atoms with Crippen LogP contribution in [0.2, 0.25) is 0 Å². The van der Waals surface area contributed by atoms with Gasteiger partial charge in [-0.2, -0.15) is 14.6 Å². The van der Waals surface area contributed by atoms with Gasteiger partial charge in [-0.1, -0.05) is 13.8 Å². The topological polar surface area (TPSA) is 155 Å². The van der Waals surface area contributed by atoms with Crippen molar-refractivity contribution in [2.45, 2.75) is 33.2 Å². The second kappa shape index (κ2) is 8.47. The second-order valence-corrected chi connectivity index (χ2v) is 7.64. The zero-order chi connectivity index (χ0) is 23.7. The number of carbonyl (C=O) groups excluding carboxylic acids is 1. The Labute approximate surface area is 181 Å². The molecule has 1 aromatic carbocycles. The van der Waals surface area contributed by atoms with E-state index in [-0.39, 0.29) is 33.8 Å². The molecule has 0 spiro atoms. The van der Waals surface area contributed by atoms with Crippen molar-refractivity contribution in [1.82, 2.24) is 14.5 Å². The molecule has 0 amide bonds. The summed E-state index contributed by atoms with van der Waals surface area (Å²) in [6.45, 7) is 4.60. The van der Waals surface area contributed by atoms with Crippen LogP contribution >= 0.6 is 0 Å². The molecule has 0 saturated carbocycles. The summed E-state index contributed by atoms with van der Waals surface area (Å²) in [5, 5.41) is 19.3. The van der Waals surface area contributed by atoms with E-state index in [2.05, 4.69) is 9.97 Å².